The van der Waals surface area contributed by atoms with Crippen LogP contribution < -0.4 is 0 Å². The molecule has 6 heteroatoms. The van der Waals surface area contributed by atoms with Gasteiger partial charge in [0, 0.05) is 36.8 Å². The Morgan fingerprint density at radius 3 is 2.76 bits per heavy atom. The quantitative estimate of drug-likeness (QED) is 0.524. The molecule has 0 amide bonds. The van der Waals surface area contributed by atoms with Crippen LogP contribution in [0.1, 0.15) is 48.8 Å². The van der Waals surface area contributed by atoms with Gasteiger partial charge in [-0.05, 0) is 56.0 Å². The predicted molar refractivity (Wildman–Crippen MR) is 111 cm³/mol. The third-order valence-electron chi connectivity index (χ3n) is 4.78. The van der Waals surface area contributed by atoms with Gasteiger partial charge in [0.2, 0.25) is 0 Å². The molecule has 3 rings (SSSR count). The Morgan fingerprint density at radius 2 is 2.10 bits per heavy atom. The van der Waals surface area contributed by atoms with Gasteiger partial charge in [0.1, 0.15) is 11.6 Å². The largest absolute Gasteiger partial charge is 0.295 e. The average Bonchev–Trinajstić information content (AvgIpc) is 3.19. The second-order valence-electron chi connectivity index (χ2n) is 7.39. The van der Waals surface area contributed by atoms with Gasteiger partial charge >= 0.3 is 0 Å². The molecule has 0 unspecified atom stereocenters. The number of carbonyl (C=O) groups is 1. The average molecular weight is 392 g/mol. The first-order valence-corrected chi connectivity index (χ1v) is 9.67. The van der Waals surface area contributed by atoms with Crippen molar-refractivity contribution in [2.45, 2.75) is 46.1 Å². The summed E-state index contributed by atoms with van der Waals surface area (Å²) in [5, 5.41) is 4.37. The van der Waals surface area contributed by atoms with Crippen molar-refractivity contribution in [2.24, 2.45) is 0 Å². The van der Waals surface area contributed by atoms with E-state index in [1.807, 2.05) is 23.9 Å². The summed E-state index contributed by atoms with van der Waals surface area (Å²) in [6.45, 7) is 9.53. The lowest BCUT2D eigenvalue weighted by molar-refractivity contribution is -0.114. The Bertz CT molecular complexity index is 1040. The van der Waals surface area contributed by atoms with Gasteiger partial charge in [-0.2, -0.15) is 5.10 Å². The first-order chi connectivity index (χ1) is 13.9. The van der Waals surface area contributed by atoms with Crippen LogP contribution in [0.2, 0.25) is 0 Å². The van der Waals surface area contributed by atoms with E-state index in [9.17, 15) is 9.18 Å². The highest BCUT2D eigenvalue weighted by atomic mass is 19.1. The van der Waals surface area contributed by atoms with Crippen LogP contribution in [-0.2, 0) is 17.6 Å². The lowest BCUT2D eigenvalue weighted by Crippen LogP contribution is -2.03. The van der Waals surface area contributed by atoms with Gasteiger partial charge in [-0.15, -0.1) is 0 Å². The summed E-state index contributed by atoms with van der Waals surface area (Å²) in [6.07, 6.45) is 7.93. The monoisotopic (exact) mass is 392 g/mol. The molecule has 1 aromatic carbocycles. The van der Waals surface area contributed by atoms with Crippen molar-refractivity contribution in [3.63, 3.8) is 0 Å². The fourth-order valence-corrected chi connectivity index (χ4v) is 3.03. The zero-order chi connectivity index (χ0) is 21.0. The summed E-state index contributed by atoms with van der Waals surface area (Å²) < 4.78 is 16.4. The van der Waals surface area contributed by atoms with Gasteiger partial charge in [0.25, 0.3) is 0 Å². The molecule has 0 fully saturated rings. The molecule has 0 spiro atoms. The highest BCUT2D eigenvalue weighted by Gasteiger charge is 2.12. The van der Waals surface area contributed by atoms with Crippen molar-refractivity contribution >= 4 is 5.78 Å². The molecule has 0 saturated carbocycles. The molecular weight excluding hydrogens is 367 g/mol. The van der Waals surface area contributed by atoms with Gasteiger partial charge < -0.3 is 0 Å². The fraction of sp³-hybridized carbons (Fsp3) is 0.304. The number of rotatable bonds is 8. The Hall–Kier alpha value is -3.15. The standard InChI is InChI=1S/C23H25FN4O/c1-5-20(29)9-7-17-6-8-18(21(24)10-17)11-22-25-12-16(4)23(27-22)19-13-26-28(14-19)15(2)3/h5-6,8,10,12-15H,1,7,9,11H2,2-4H3. The van der Waals surface area contributed by atoms with Crippen molar-refractivity contribution in [1.29, 1.82) is 0 Å². The summed E-state index contributed by atoms with van der Waals surface area (Å²) in [6, 6.07) is 5.33. The fourth-order valence-electron chi connectivity index (χ4n) is 3.03. The van der Waals surface area contributed by atoms with Gasteiger partial charge in [0.05, 0.1) is 11.9 Å². The van der Waals surface area contributed by atoms with Crippen LogP contribution in [0.4, 0.5) is 4.39 Å². The molecule has 3 aromatic rings. The van der Waals surface area contributed by atoms with Crippen LogP contribution in [0.5, 0.6) is 0 Å². The predicted octanol–water partition coefficient (Wildman–Crippen LogP) is 4.65. The number of halogens is 1. The van der Waals surface area contributed by atoms with Crippen LogP contribution in [-0.4, -0.2) is 25.5 Å². The molecule has 29 heavy (non-hydrogen) atoms. The van der Waals surface area contributed by atoms with E-state index in [1.54, 1.807) is 18.5 Å². The number of allylic oxidation sites excluding steroid dienone is 1. The maximum Gasteiger partial charge on any atom is 0.155 e. The van der Waals surface area contributed by atoms with Crippen molar-refractivity contribution in [3.8, 4) is 11.3 Å². The molecule has 2 heterocycles. The molecule has 0 saturated heterocycles. The molecule has 0 aliphatic rings. The van der Waals surface area contributed by atoms with E-state index in [1.165, 1.54) is 12.1 Å². The van der Waals surface area contributed by atoms with E-state index in [0.717, 1.165) is 22.4 Å². The lowest BCUT2D eigenvalue weighted by atomic mass is 10.0. The van der Waals surface area contributed by atoms with Crippen LogP contribution in [0.3, 0.4) is 0 Å². The highest BCUT2D eigenvalue weighted by Crippen LogP contribution is 2.22. The minimum Gasteiger partial charge on any atom is -0.295 e. The van der Waals surface area contributed by atoms with Crippen LogP contribution in [0.15, 0.2) is 49.4 Å². The molecule has 0 N–H and O–H groups in total. The van der Waals surface area contributed by atoms with E-state index < -0.39 is 0 Å². The molecule has 0 atom stereocenters. The van der Waals surface area contributed by atoms with Crippen LogP contribution in [0, 0.1) is 12.7 Å². The van der Waals surface area contributed by atoms with Gasteiger partial charge in [-0.25, -0.2) is 14.4 Å². The summed E-state index contributed by atoms with van der Waals surface area (Å²) >= 11 is 0. The van der Waals surface area contributed by atoms with Gasteiger partial charge in [0.15, 0.2) is 5.78 Å². The number of aromatic nitrogens is 4. The minimum absolute atomic E-state index is 0.0455. The number of benzene rings is 1. The molecule has 0 aliphatic heterocycles. The van der Waals surface area contributed by atoms with E-state index in [2.05, 4.69) is 35.5 Å². The highest BCUT2D eigenvalue weighted by molar-refractivity contribution is 5.89. The van der Waals surface area contributed by atoms with Crippen molar-refractivity contribution in [1.82, 2.24) is 19.7 Å². The molecule has 2 aromatic heterocycles. The summed E-state index contributed by atoms with van der Waals surface area (Å²) in [5.41, 5.74) is 3.98. The first kappa shape index (κ1) is 20.6. The number of ketones is 1. The summed E-state index contributed by atoms with van der Waals surface area (Å²) in [7, 11) is 0. The number of hydrogen-bond donors (Lipinski definition) is 0. The van der Waals surface area contributed by atoms with E-state index in [-0.39, 0.29) is 17.6 Å². The number of carbonyl (C=O) groups excluding carboxylic acids is 1. The number of aryl methyl sites for hydroxylation is 2. The topological polar surface area (TPSA) is 60.7 Å². The third kappa shape index (κ3) is 5.02. The SMILES string of the molecule is C=CC(=O)CCc1ccc(Cc2ncc(C)c(-c3cnn(C(C)C)c3)n2)c(F)c1. The normalized spacial score (nSPS) is 11.1. The summed E-state index contributed by atoms with van der Waals surface area (Å²) in [5.74, 6) is 0.194. The molecule has 0 aliphatic carbocycles. The Morgan fingerprint density at radius 1 is 1.31 bits per heavy atom. The van der Waals surface area contributed by atoms with Crippen LogP contribution in [0.25, 0.3) is 11.3 Å². The van der Waals surface area contributed by atoms with Gasteiger partial charge in [-0.3, -0.25) is 9.48 Å². The van der Waals surface area contributed by atoms with Crippen LogP contribution >= 0.6 is 0 Å². The molecule has 0 radical (unpaired) electrons. The maximum atomic E-state index is 14.6. The zero-order valence-electron chi connectivity index (χ0n) is 17.0. The third-order valence-corrected chi connectivity index (χ3v) is 4.78. The first-order valence-electron chi connectivity index (χ1n) is 9.67. The minimum atomic E-state index is -0.313. The van der Waals surface area contributed by atoms with Crippen molar-refractivity contribution in [3.05, 3.63) is 77.8 Å². The second kappa shape index (κ2) is 8.90. The number of hydrogen-bond acceptors (Lipinski definition) is 4. The molecule has 0 bridgehead atoms. The van der Waals surface area contributed by atoms with E-state index >= 15 is 0 Å². The second-order valence-corrected chi connectivity index (χ2v) is 7.39. The van der Waals surface area contributed by atoms with Crippen molar-refractivity contribution in [2.75, 3.05) is 0 Å². The molecular formula is C23H25FN4O. The zero-order valence-corrected chi connectivity index (χ0v) is 17.0. The Kier molecular flexibility index (Phi) is 6.32. The summed E-state index contributed by atoms with van der Waals surface area (Å²) in [4.78, 5) is 20.4. The Balaban J connectivity index is 1.79. The van der Waals surface area contributed by atoms with E-state index in [4.69, 9.17) is 0 Å². The molecule has 150 valence electrons. The molecule has 5 nitrogen and oxygen atoms in total. The van der Waals surface area contributed by atoms with Crippen molar-refractivity contribution < 1.29 is 9.18 Å². The van der Waals surface area contributed by atoms with Gasteiger partial charge in [-0.1, -0.05) is 18.7 Å². The maximum absolute atomic E-state index is 14.6. The lowest BCUT2D eigenvalue weighted by Gasteiger charge is -2.08. The smallest absolute Gasteiger partial charge is 0.155 e. The Labute approximate surface area is 170 Å². The van der Waals surface area contributed by atoms with E-state index in [0.29, 0.717) is 30.7 Å². The number of nitrogens with zero attached hydrogens (tertiary/aromatic N) is 4.